The second-order valence-electron chi connectivity index (χ2n) is 6.79. The number of rotatable bonds is 6. The molecular weight excluding hydrogens is 348 g/mol. The van der Waals surface area contributed by atoms with Gasteiger partial charge in [-0.1, -0.05) is 35.9 Å². The van der Waals surface area contributed by atoms with Gasteiger partial charge in [0.1, 0.15) is 5.82 Å². The standard InChI is InChI=1S/C23H22N4O/c1-16-6-9-19(10-7-16)27-22-11-8-18(15-26-22)23(28)24-13-12-17-14-25-21-5-3-2-4-20(17)21/h2-11,14-15,25H,12-13H2,1H3,(H,24,28)(H,26,27). The van der Waals surface area contributed by atoms with E-state index in [1.54, 1.807) is 12.3 Å². The highest BCUT2D eigenvalue weighted by Gasteiger charge is 2.07. The van der Waals surface area contributed by atoms with E-state index in [-0.39, 0.29) is 5.91 Å². The third kappa shape index (κ3) is 4.04. The van der Waals surface area contributed by atoms with Crippen LogP contribution >= 0.6 is 0 Å². The van der Waals surface area contributed by atoms with Crippen LogP contribution in [0.25, 0.3) is 10.9 Å². The first-order valence-electron chi connectivity index (χ1n) is 9.32. The Bertz CT molecular complexity index is 1080. The molecule has 0 fully saturated rings. The van der Waals surface area contributed by atoms with Crippen LogP contribution in [-0.4, -0.2) is 22.4 Å². The molecule has 0 saturated heterocycles. The van der Waals surface area contributed by atoms with Crippen LogP contribution in [0.1, 0.15) is 21.5 Å². The smallest absolute Gasteiger partial charge is 0.252 e. The highest BCUT2D eigenvalue weighted by molar-refractivity contribution is 5.94. The minimum Gasteiger partial charge on any atom is -0.361 e. The van der Waals surface area contributed by atoms with Gasteiger partial charge in [0, 0.05) is 35.5 Å². The number of aromatic amines is 1. The number of benzene rings is 2. The van der Waals surface area contributed by atoms with Crippen LogP contribution in [0.15, 0.2) is 73.1 Å². The molecule has 5 heteroatoms. The fourth-order valence-electron chi connectivity index (χ4n) is 3.14. The summed E-state index contributed by atoms with van der Waals surface area (Å²) in [4.78, 5) is 20.0. The third-order valence-corrected chi connectivity index (χ3v) is 4.70. The van der Waals surface area contributed by atoms with Crippen LogP contribution in [-0.2, 0) is 6.42 Å². The van der Waals surface area contributed by atoms with Gasteiger partial charge in [-0.25, -0.2) is 4.98 Å². The monoisotopic (exact) mass is 370 g/mol. The van der Waals surface area contributed by atoms with E-state index in [1.165, 1.54) is 16.5 Å². The predicted molar refractivity (Wildman–Crippen MR) is 113 cm³/mol. The van der Waals surface area contributed by atoms with E-state index in [0.29, 0.717) is 17.9 Å². The van der Waals surface area contributed by atoms with Crippen LogP contribution in [0.3, 0.4) is 0 Å². The Morgan fingerprint density at radius 1 is 1.04 bits per heavy atom. The number of pyridine rings is 1. The minimum absolute atomic E-state index is 0.116. The first-order valence-corrected chi connectivity index (χ1v) is 9.32. The molecule has 4 rings (SSSR count). The molecule has 0 aliphatic carbocycles. The topological polar surface area (TPSA) is 69.8 Å². The van der Waals surface area contributed by atoms with E-state index in [1.807, 2.05) is 55.6 Å². The summed E-state index contributed by atoms with van der Waals surface area (Å²) < 4.78 is 0. The maximum Gasteiger partial charge on any atom is 0.252 e. The first-order chi connectivity index (χ1) is 13.7. The van der Waals surface area contributed by atoms with Gasteiger partial charge in [0.25, 0.3) is 5.91 Å². The summed E-state index contributed by atoms with van der Waals surface area (Å²) in [6.45, 7) is 2.62. The zero-order valence-corrected chi connectivity index (χ0v) is 15.7. The first kappa shape index (κ1) is 17.8. The maximum atomic E-state index is 12.4. The molecule has 0 radical (unpaired) electrons. The highest BCUT2D eigenvalue weighted by atomic mass is 16.1. The summed E-state index contributed by atoms with van der Waals surface area (Å²) in [5, 5.41) is 7.39. The van der Waals surface area contributed by atoms with Crippen LogP contribution in [0.2, 0.25) is 0 Å². The SMILES string of the molecule is Cc1ccc(Nc2ccc(C(=O)NCCc3c[nH]c4ccccc34)cn2)cc1. The molecule has 140 valence electrons. The van der Waals surface area contributed by atoms with Crippen molar-refractivity contribution in [3.63, 3.8) is 0 Å². The average Bonchev–Trinajstić information content (AvgIpc) is 3.13. The quantitative estimate of drug-likeness (QED) is 0.465. The van der Waals surface area contributed by atoms with Crippen molar-refractivity contribution in [2.75, 3.05) is 11.9 Å². The van der Waals surface area contributed by atoms with E-state index in [9.17, 15) is 4.79 Å². The Labute approximate surface area is 163 Å². The molecule has 0 saturated carbocycles. The lowest BCUT2D eigenvalue weighted by Crippen LogP contribution is -2.25. The zero-order chi connectivity index (χ0) is 19.3. The number of hydrogen-bond donors (Lipinski definition) is 3. The lowest BCUT2D eigenvalue weighted by molar-refractivity contribution is 0.0954. The van der Waals surface area contributed by atoms with Crippen LogP contribution in [0.4, 0.5) is 11.5 Å². The summed E-state index contributed by atoms with van der Waals surface area (Å²) in [7, 11) is 0. The molecule has 2 aromatic carbocycles. The van der Waals surface area contributed by atoms with E-state index < -0.39 is 0 Å². The lowest BCUT2D eigenvalue weighted by atomic mass is 10.1. The van der Waals surface area contributed by atoms with Gasteiger partial charge in [-0.3, -0.25) is 4.79 Å². The largest absolute Gasteiger partial charge is 0.361 e. The number of carbonyl (C=O) groups is 1. The summed E-state index contributed by atoms with van der Waals surface area (Å²) >= 11 is 0. The third-order valence-electron chi connectivity index (χ3n) is 4.70. The van der Waals surface area contributed by atoms with Crippen molar-refractivity contribution in [2.45, 2.75) is 13.3 Å². The molecule has 5 nitrogen and oxygen atoms in total. The number of nitrogens with zero attached hydrogens (tertiary/aromatic N) is 1. The Kier molecular flexibility index (Phi) is 5.06. The van der Waals surface area contributed by atoms with E-state index in [2.05, 4.69) is 32.7 Å². The second-order valence-corrected chi connectivity index (χ2v) is 6.79. The van der Waals surface area contributed by atoms with Crippen molar-refractivity contribution in [3.8, 4) is 0 Å². The summed E-state index contributed by atoms with van der Waals surface area (Å²) in [6, 6.07) is 19.9. The molecule has 3 N–H and O–H groups in total. The van der Waals surface area contributed by atoms with Gasteiger partial charge in [-0.2, -0.15) is 0 Å². The Balaban J connectivity index is 1.32. The van der Waals surface area contributed by atoms with Gasteiger partial charge in [0.15, 0.2) is 0 Å². The Morgan fingerprint density at radius 2 is 1.86 bits per heavy atom. The number of nitrogens with one attached hydrogen (secondary N) is 3. The average molecular weight is 370 g/mol. The zero-order valence-electron chi connectivity index (χ0n) is 15.7. The van der Waals surface area contributed by atoms with Gasteiger partial charge in [0.05, 0.1) is 5.56 Å². The van der Waals surface area contributed by atoms with E-state index in [0.717, 1.165) is 17.6 Å². The number of amides is 1. The van der Waals surface area contributed by atoms with Crippen molar-refractivity contribution in [2.24, 2.45) is 0 Å². The number of hydrogen-bond acceptors (Lipinski definition) is 3. The highest BCUT2D eigenvalue weighted by Crippen LogP contribution is 2.18. The van der Waals surface area contributed by atoms with E-state index in [4.69, 9.17) is 0 Å². The number of fused-ring (bicyclic) bond motifs is 1. The molecule has 4 aromatic rings. The molecule has 0 unspecified atom stereocenters. The fourth-order valence-corrected chi connectivity index (χ4v) is 3.14. The Morgan fingerprint density at radius 3 is 2.64 bits per heavy atom. The van der Waals surface area contributed by atoms with Gasteiger partial charge < -0.3 is 15.6 Å². The normalized spacial score (nSPS) is 10.8. The molecule has 0 bridgehead atoms. The number of aryl methyl sites for hydroxylation is 1. The predicted octanol–water partition coefficient (Wildman–Crippen LogP) is 4.59. The molecule has 28 heavy (non-hydrogen) atoms. The van der Waals surface area contributed by atoms with Gasteiger partial charge in [0.2, 0.25) is 0 Å². The molecule has 0 spiro atoms. The molecule has 0 aliphatic rings. The van der Waals surface area contributed by atoms with Gasteiger partial charge in [-0.15, -0.1) is 0 Å². The molecular formula is C23H22N4O. The number of aromatic nitrogens is 2. The summed E-state index contributed by atoms with van der Waals surface area (Å²) in [5.74, 6) is 0.591. The van der Waals surface area contributed by atoms with Crippen molar-refractivity contribution >= 4 is 28.3 Å². The number of carbonyl (C=O) groups excluding carboxylic acids is 1. The van der Waals surface area contributed by atoms with E-state index >= 15 is 0 Å². The van der Waals surface area contributed by atoms with Crippen LogP contribution < -0.4 is 10.6 Å². The molecule has 0 atom stereocenters. The van der Waals surface area contributed by atoms with Gasteiger partial charge in [-0.05, 0) is 49.2 Å². The Hall–Kier alpha value is -3.60. The molecule has 2 aromatic heterocycles. The number of H-pyrrole nitrogens is 1. The number of para-hydroxylation sites is 1. The van der Waals surface area contributed by atoms with Crippen LogP contribution in [0.5, 0.6) is 0 Å². The molecule has 0 aliphatic heterocycles. The lowest BCUT2D eigenvalue weighted by Gasteiger charge is -2.08. The minimum atomic E-state index is -0.116. The molecule has 2 heterocycles. The number of anilines is 2. The second kappa shape index (κ2) is 7.96. The fraction of sp³-hybridized carbons (Fsp3) is 0.130. The summed E-state index contributed by atoms with van der Waals surface area (Å²) in [5.41, 5.74) is 5.04. The summed E-state index contributed by atoms with van der Waals surface area (Å²) in [6.07, 6.45) is 4.37. The van der Waals surface area contributed by atoms with Crippen molar-refractivity contribution in [1.82, 2.24) is 15.3 Å². The maximum absolute atomic E-state index is 12.4. The van der Waals surface area contributed by atoms with Crippen molar-refractivity contribution < 1.29 is 4.79 Å². The van der Waals surface area contributed by atoms with Crippen molar-refractivity contribution in [1.29, 1.82) is 0 Å². The molecule has 1 amide bonds. The van der Waals surface area contributed by atoms with Crippen LogP contribution in [0, 0.1) is 6.92 Å². The van der Waals surface area contributed by atoms with Gasteiger partial charge >= 0.3 is 0 Å². The van der Waals surface area contributed by atoms with Crippen molar-refractivity contribution in [3.05, 3.63) is 89.7 Å².